The van der Waals surface area contributed by atoms with Crippen molar-refractivity contribution in [3.8, 4) is 11.3 Å². The Hall–Kier alpha value is -4.69. The van der Waals surface area contributed by atoms with Crippen molar-refractivity contribution in [2.45, 2.75) is 107 Å². The Balaban J connectivity index is 0.766. The minimum Gasteiger partial charge on any atom is -0.388 e. The van der Waals surface area contributed by atoms with Gasteiger partial charge in [-0.05, 0) is 126 Å². The highest BCUT2D eigenvalue weighted by molar-refractivity contribution is 6.01. The van der Waals surface area contributed by atoms with E-state index >= 15 is 4.39 Å². The van der Waals surface area contributed by atoms with Gasteiger partial charge in [-0.3, -0.25) is 19.7 Å². The molecule has 0 bridgehead atoms. The number of benzene rings is 2. The van der Waals surface area contributed by atoms with Crippen molar-refractivity contribution in [3.05, 3.63) is 65.9 Å². The third kappa shape index (κ3) is 9.44. The number of carbonyl (C=O) groups is 3. The van der Waals surface area contributed by atoms with Crippen LogP contribution in [-0.2, 0) is 14.4 Å². The van der Waals surface area contributed by atoms with Crippen LogP contribution in [-0.4, -0.2) is 106 Å². The molecule has 8 rings (SSSR count). The topological polar surface area (TPSA) is 143 Å². The summed E-state index contributed by atoms with van der Waals surface area (Å²) in [4.78, 5) is 52.6. The average molecular weight is 799 g/mol. The number of imide groups is 1. The summed E-state index contributed by atoms with van der Waals surface area (Å²) < 4.78 is 30.3. The van der Waals surface area contributed by atoms with E-state index in [4.69, 9.17) is 0 Å². The van der Waals surface area contributed by atoms with Crippen molar-refractivity contribution in [2.75, 3.05) is 61.3 Å². The van der Waals surface area contributed by atoms with Gasteiger partial charge in [-0.15, -0.1) is 0 Å². The maximum atomic E-state index is 15.3. The smallest absolute Gasteiger partial charge is 0.249 e. The molecule has 3 amide bonds. The molecule has 1 aliphatic carbocycles. The fourth-order valence-corrected chi connectivity index (χ4v) is 9.67. The molecule has 58 heavy (non-hydrogen) atoms. The Labute approximate surface area is 339 Å². The molecule has 1 aromatic heterocycles. The van der Waals surface area contributed by atoms with E-state index in [0.29, 0.717) is 56.1 Å². The summed E-state index contributed by atoms with van der Waals surface area (Å²) in [6.45, 7) is 5.10. The zero-order chi connectivity index (χ0) is 40.2. The van der Waals surface area contributed by atoms with Crippen molar-refractivity contribution < 1.29 is 28.3 Å². The maximum absolute atomic E-state index is 15.3. The Bertz CT molecular complexity index is 1950. The number of β-amino-alcohol motifs (C(OH)–C–C–N with tert-alkyl or cyclic N) is 1. The molecule has 4 N–H and O–H groups in total. The molecule has 310 valence electrons. The van der Waals surface area contributed by atoms with Crippen LogP contribution in [0.25, 0.3) is 11.3 Å². The summed E-state index contributed by atoms with van der Waals surface area (Å²) in [5.41, 5.74) is 2.41. The van der Waals surface area contributed by atoms with Gasteiger partial charge in [0, 0.05) is 68.0 Å². The summed E-state index contributed by atoms with van der Waals surface area (Å²) >= 11 is 0. The Kier molecular flexibility index (Phi) is 12.2. The maximum Gasteiger partial charge on any atom is 0.249 e. The highest BCUT2D eigenvalue weighted by Gasteiger charge is 2.39. The van der Waals surface area contributed by atoms with Crippen molar-refractivity contribution in [1.29, 1.82) is 0 Å². The van der Waals surface area contributed by atoms with Crippen LogP contribution in [0, 0.1) is 17.6 Å². The van der Waals surface area contributed by atoms with Crippen LogP contribution < -0.4 is 20.9 Å². The summed E-state index contributed by atoms with van der Waals surface area (Å²) in [6.07, 6.45) is 11.1. The van der Waals surface area contributed by atoms with Crippen LogP contribution in [0.5, 0.6) is 0 Å². The lowest BCUT2D eigenvalue weighted by molar-refractivity contribution is -0.141. The number of amides is 3. The van der Waals surface area contributed by atoms with E-state index in [-0.39, 0.29) is 47.6 Å². The van der Waals surface area contributed by atoms with E-state index < -0.39 is 23.4 Å². The monoisotopic (exact) mass is 798 g/mol. The van der Waals surface area contributed by atoms with Crippen molar-refractivity contribution in [1.82, 2.24) is 25.1 Å². The first kappa shape index (κ1) is 40.1. The van der Waals surface area contributed by atoms with Gasteiger partial charge in [0.05, 0.1) is 11.8 Å². The quantitative estimate of drug-likeness (QED) is 0.185. The van der Waals surface area contributed by atoms with Crippen molar-refractivity contribution in [2.24, 2.45) is 5.92 Å². The number of rotatable bonds is 10. The highest BCUT2D eigenvalue weighted by atomic mass is 19.1. The lowest BCUT2D eigenvalue weighted by atomic mass is 9.83. The van der Waals surface area contributed by atoms with Gasteiger partial charge in [-0.25, -0.2) is 18.7 Å². The molecular formula is C44H56F2N8O4. The molecule has 3 aromatic rings. The molecule has 1 atom stereocenters. The molecule has 0 radical (unpaired) electrons. The van der Waals surface area contributed by atoms with E-state index in [9.17, 15) is 23.9 Å². The third-order valence-corrected chi connectivity index (χ3v) is 13.1. The molecule has 1 saturated carbocycles. The van der Waals surface area contributed by atoms with E-state index in [2.05, 4.69) is 41.8 Å². The molecule has 4 saturated heterocycles. The highest BCUT2D eigenvalue weighted by Crippen LogP contribution is 2.35. The number of hydrogen-bond acceptors (Lipinski definition) is 10. The van der Waals surface area contributed by atoms with Crippen LogP contribution >= 0.6 is 0 Å². The number of hydrogen-bond donors (Lipinski definition) is 4. The second kappa shape index (κ2) is 17.7. The average Bonchev–Trinajstić information content (AvgIpc) is 3.24. The van der Waals surface area contributed by atoms with Gasteiger partial charge in [0.15, 0.2) is 5.82 Å². The number of carbonyl (C=O) groups excluding carboxylic acids is 3. The predicted molar refractivity (Wildman–Crippen MR) is 218 cm³/mol. The van der Waals surface area contributed by atoms with Crippen molar-refractivity contribution in [3.63, 3.8) is 0 Å². The lowest BCUT2D eigenvalue weighted by Gasteiger charge is -2.43. The first-order valence-corrected chi connectivity index (χ1v) is 21.4. The standard InChI is InChI=1S/C44H56F2N8O4/c45-36-26-33(48-38-13-14-39(55)50-41(38)56)11-12-35(36)29-15-21-52(22-16-29)28-44(58)17-23-54(24-18-44)42(57)30-7-9-32(10-8-30)49-43-47-27-37(46)40(51-43)31-5-4-6-34(25-31)53-19-2-1-3-20-53/h4-6,11-12,25-27,29-30,32,38,48,58H,1-3,7-10,13-24,28H2,(H,47,49,51)(H,50,55,56)/t30-,32-,38?. The second-order valence-electron chi connectivity index (χ2n) is 17.2. The fraction of sp³-hybridized carbons (Fsp3) is 0.568. The van der Waals surface area contributed by atoms with Gasteiger partial charge in [0.25, 0.3) is 0 Å². The minimum atomic E-state index is -0.872. The number of aliphatic hydroxyl groups is 1. The molecule has 14 heteroatoms. The molecule has 5 fully saturated rings. The zero-order valence-corrected chi connectivity index (χ0v) is 33.2. The van der Waals surface area contributed by atoms with Gasteiger partial charge in [-0.1, -0.05) is 18.2 Å². The summed E-state index contributed by atoms with van der Waals surface area (Å²) in [5.74, 6) is -0.876. The first-order valence-electron chi connectivity index (χ1n) is 21.4. The molecule has 5 aliphatic rings. The summed E-state index contributed by atoms with van der Waals surface area (Å²) in [5, 5.41) is 20.4. The predicted octanol–water partition coefficient (Wildman–Crippen LogP) is 5.83. The van der Waals surface area contributed by atoms with Crippen LogP contribution in [0.1, 0.15) is 95.0 Å². The van der Waals surface area contributed by atoms with Gasteiger partial charge >= 0.3 is 0 Å². The third-order valence-electron chi connectivity index (χ3n) is 13.1. The number of halogens is 2. The van der Waals surface area contributed by atoms with Crippen LogP contribution in [0.15, 0.2) is 48.7 Å². The molecule has 5 heterocycles. The normalized spacial score (nSPS) is 24.6. The summed E-state index contributed by atoms with van der Waals surface area (Å²) in [6, 6.07) is 12.5. The number of anilines is 3. The molecular weight excluding hydrogens is 743 g/mol. The Morgan fingerprint density at radius 3 is 2.34 bits per heavy atom. The lowest BCUT2D eigenvalue weighted by Crippen LogP contribution is -2.54. The Morgan fingerprint density at radius 1 is 0.862 bits per heavy atom. The van der Waals surface area contributed by atoms with Crippen molar-refractivity contribution >= 4 is 35.0 Å². The molecule has 4 aliphatic heterocycles. The van der Waals surface area contributed by atoms with E-state index in [0.717, 1.165) is 88.8 Å². The van der Waals surface area contributed by atoms with Crippen LogP contribution in [0.3, 0.4) is 0 Å². The van der Waals surface area contributed by atoms with E-state index in [1.807, 2.05) is 23.1 Å². The number of likely N-dealkylation sites (tertiary alicyclic amines) is 2. The number of aromatic nitrogens is 2. The fourth-order valence-electron chi connectivity index (χ4n) is 9.67. The van der Waals surface area contributed by atoms with Gasteiger partial charge < -0.3 is 30.4 Å². The van der Waals surface area contributed by atoms with E-state index in [1.54, 1.807) is 12.1 Å². The SMILES string of the molecule is O=C1CCC(Nc2ccc(C3CCN(CC4(O)CCN(C(=O)[C@H]5CC[C@H](Nc6ncc(F)c(-c7cccc(N8CCCCC8)c7)n6)CC5)CC4)CC3)c(F)c2)C(=O)N1. The summed E-state index contributed by atoms with van der Waals surface area (Å²) in [7, 11) is 0. The molecule has 12 nitrogen and oxygen atoms in total. The largest absolute Gasteiger partial charge is 0.388 e. The number of piperidine rings is 4. The first-order chi connectivity index (χ1) is 28.1. The van der Waals surface area contributed by atoms with Gasteiger partial charge in [0.2, 0.25) is 23.7 Å². The molecule has 0 spiro atoms. The second-order valence-corrected chi connectivity index (χ2v) is 17.2. The number of nitrogens with zero attached hydrogens (tertiary/aromatic N) is 5. The zero-order valence-electron chi connectivity index (χ0n) is 33.2. The van der Waals surface area contributed by atoms with Crippen LogP contribution in [0.4, 0.5) is 26.1 Å². The van der Waals surface area contributed by atoms with Gasteiger partial charge in [0.1, 0.15) is 17.6 Å². The Morgan fingerprint density at radius 2 is 1.62 bits per heavy atom. The molecule has 1 unspecified atom stereocenters. The molecule has 2 aromatic carbocycles. The minimum absolute atomic E-state index is 0.0619. The van der Waals surface area contributed by atoms with Crippen LogP contribution in [0.2, 0.25) is 0 Å². The van der Waals surface area contributed by atoms with E-state index in [1.165, 1.54) is 18.7 Å². The number of nitrogens with one attached hydrogen (secondary N) is 3. The van der Waals surface area contributed by atoms with Gasteiger partial charge in [-0.2, -0.15) is 0 Å².